The Labute approximate surface area is 88.4 Å². The summed E-state index contributed by atoms with van der Waals surface area (Å²) in [5, 5.41) is 3.18. The molecule has 0 spiro atoms. The summed E-state index contributed by atoms with van der Waals surface area (Å²) in [5.74, 6) is 0.905. The van der Waals surface area contributed by atoms with Gasteiger partial charge in [0.1, 0.15) is 0 Å². The Morgan fingerprint density at radius 2 is 1.79 bits per heavy atom. The number of nitrogens with one attached hydrogen (secondary N) is 1. The lowest BCUT2D eigenvalue weighted by atomic mass is 9.88. The fourth-order valence-electron chi connectivity index (χ4n) is 2.27. The average Bonchev–Trinajstić information content (AvgIpc) is 2.08. The van der Waals surface area contributed by atoms with Crippen LogP contribution in [0.2, 0.25) is 0 Å². The second-order valence-electron chi connectivity index (χ2n) is 5.29. The molecule has 0 aromatic heterocycles. The number of hydrogen-bond acceptors (Lipinski definition) is 2. The molecule has 1 aliphatic carbocycles. The summed E-state index contributed by atoms with van der Waals surface area (Å²) in [6.45, 7) is 7.61. The van der Waals surface area contributed by atoms with E-state index in [1.54, 1.807) is 0 Å². The van der Waals surface area contributed by atoms with E-state index in [0.29, 0.717) is 6.10 Å². The summed E-state index contributed by atoms with van der Waals surface area (Å²) < 4.78 is 6.10. The van der Waals surface area contributed by atoms with Gasteiger partial charge in [0.05, 0.1) is 11.7 Å². The summed E-state index contributed by atoms with van der Waals surface area (Å²) in [6, 6.07) is 0. The normalized spacial score (nSPS) is 29.1. The Hall–Kier alpha value is -0.0800. The summed E-state index contributed by atoms with van der Waals surface area (Å²) in [4.78, 5) is 0. The number of rotatable bonds is 4. The second-order valence-corrected chi connectivity index (χ2v) is 5.29. The van der Waals surface area contributed by atoms with E-state index in [1.807, 2.05) is 7.05 Å². The van der Waals surface area contributed by atoms with Gasteiger partial charge in [0.25, 0.3) is 0 Å². The highest BCUT2D eigenvalue weighted by Gasteiger charge is 2.25. The topological polar surface area (TPSA) is 21.3 Å². The molecule has 14 heavy (non-hydrogen) atoms. The molecule has 0 heterocycles. The Morgan fingerprint density at radius 3 is 2.29 bits per heavy atom. The molecule has 0 radical (unpaired) electrons. The van der Waals surface area contributed by atoms with Crippen LogP contribution in [0.5, 0.6) is 0 Å². The van der Waals surface area contributed by atoms with Crippen LogP contribution in [-0.2, 0) is 4.74 Å². The standard InChI is InChI=1S/C12H25NO/c1-10-5-7-11(8-6-10)14-12(2,3)9-13-4/h10-11,13H,5-9H2,1-4H3. The van der Waals surface area contributed by atoms with Crippen molar-refractivity contribution < 1.29 is 4.74 Å². The van der Waals surface area contributed by atoms with Gasteiger partial charge in [-0.2, -0.15) is 0 Å². The maximum Gasteiger partial charge on any atom is 0.0753 e. The van der Waals surface area contributed by atoms with Crippen LogP contribution in [0, 0.1) is 5.92 Å². The van der Waals surface area contributed by atoms with E-state index in [0.717, 1.165) is 12.5 Å². The van der Waals surface area contributed by atoms with Crippen molar-refractivity contribution in [2.24, 2.45) is 5.92 Å². The average molecular weight is 199 g/mol. The van der Waals surface area contributed by atoms with Gasteiger partial charge in [0, 0.05) is 6.54 Å². The van der Waals surface area contributed by atoms with Crippen LogP contribution in [0.25, 0.3) is 0 Å². The predicted octanol–water partition coefficient (Wildman–Crippen LogP) is 2.58. The van der Waals surface area contributed by atoms with Crippen molar-refractivity contribution in [3.63, 3.8) is 0 Å². The zero-order valence-corrected chi connectivity index (χ0v) is 10.1. The molecule has 84 valence electrons. The third-order valence-corrected chi connectivity index (χ3v) is 3.05. The molecule has 1 fully saturated rings. The lowest BCUT2D eigenvalue weighted by Crippen LogP contribution is -2.40. The van der Waals surface area contributed by atoms with Crippen molar-refractivity contribution in [2.45, 2.75) is 58.2 Å². The quantitative estimate of drug-likeness (QED) is 0.751. The third kappa shape index (κ3) is 3.97. The largest absolute Gasteiger partial charge is 0.371 e. The molecule has 0 aromatic rings. The molecule has 0 aromatic carbocycles. The second kappa shape index (κ2) is 5.13. The number of ether oxygens (including phenoxy) is 1. The van der Waals surface area contributed by atoms with Crippen LogP contribution in [0.15, 0.2) is 0 Å². The van der Waals surface area contributed by atoms with Crippen LogP contribution in [0.3, 0.4) is 0 Å². The molecule has 0 atom stereocenters. The minimum Gasteiger partial charge on any atom is -0.371 e. The summed E-state index contributed by atoms with van der Waals surface area (Å²) in [5.41, 5.74) is -0.0139. The Kier molecular flexibility index (Phi) is 4.39. The molecule has 0 bridgehead atoms. The molecule has 2 nitrogen and oxygen atoms in total. The first-order chi connectivity index (χ1) is 6.53. The van der Waals surface area contributed by atoms with Gasteiger partial charge in [0.15, 0.2) is 0 Å². The molecule has 1 saturated carbocycles. The Morgan fingerprint density at radius 1 is 1.21 bits per heavy atom. The van der Waals surface area contributed by atoms with Crippen molar-refractivity contribution in [1.29, 1.82) is 0 Å². The molecule has 0 unspecified atom stereocenters. The predicted molar refractivity (Wildman–Crippen MR) is 60.5 cm³/mol. The van der Waals surface area contributed by atoms with Gasteiger partial charge in [-0.15, -0.1) is 0 Å². The highest BCUT2D eigenvalue weighted by Crippen LogP contribution is 2.28. The maximum atomic E-state index is 6.10. The van der Waals surface area contributed by atoms with Gasteiger partial charge >= 0.3 is 0 Å². The zero-order chi connectivity index (χ0) is 10.6. The first-order valence-corrected chi connectivity index (χ1v) is 5.86. The van der Waals surface area contributed by atoms with Crippen molar-refractivity contribution in [3.8, 4) is 0 Å². The fraction of sp³-hybridized carbons (Fsp3) is 1.00. The monoisotopic (exact) mass is 199 g/mol. The highest BCUT2D eigenvalue weighted by atomic mass is 16.5. The van der Waals surface area contributed by atoms with Gasteiger partial charge in [0.2, 0.25) is 0 Å². The van der Waals surface area contributed by atoms with E-state index in [9.17, 15) is 0 Å². The van der Waals surface area contributed by atoms with Crippen molar-refractivity contribution in [2.75, 3.05) is 13.6 Å². The molecule has 2 heteroatoms. The zero-order valence-electron chi connectivity index (χ0n) is 10.1. The summed E-state index contributed by atoms with van der Waals surface area (Å²) in [6.07, 6.45) is 5.65. The van der Waals surface area contributed by atoms with Gasteiger partial charge in [-0.25, -0.2) is 0 Å². The minimum atomic E-state index is -0.0139. The van der Waals surface area contributed by atoms with Crippen molar-refractivity contribution in [1.82, 2.24) is 5.32 Å². The molecule has 1 N–H and O–H groups in total. The number of likely N-dealkylation sites (N-methyl/N-ethyl adjacent to an activating group) is 1. The fourth-order valence-corrected chi connectivity index (χ4v) is 2.27. The molecule has 0 amide bonds. The SMILES string of the molecule is CNCC(C)(C)OC1CCC(C)CC1. The lowest BCUT2D eigenvalue weighted by Gasteiger charge is -2.34. The first-order valence-electron chi connectivity index (χ1n) is 5.86. The Balaban J connectivity index is 2.29. The minimum absolute atomic E-state index is 0.0139. The third-order valence-electron chi connectivity index (χ3n) is 3.05. The van der Waals surface area contributed by atoms with E-state index in [2.05, 4.69) is 26.1 Å². The molecular formula is C12H25NO. The molecule has 0 saturated heterocycles. The van der Waals surface area contributed by atoms with Crippen molar-refractivity contribution >= 4 is 0 Å². The first kappa shape index (κ1) is 12.0. The van der Waals surface area contributed by atoms with Crippen LogP contribution in [-0.4, -0.2) is 25.3 Å². The van der Waals surface area contributed by atoms with Gasteiger partial charge in [-0.3, -0.25) is 0 Å². The smallest absolute Gasteiger partial charge is 0.0753 e. The van der Waals surface area contributed by atoms with E-state index >= 15 is 0 Å². The lowest BCUT2D eigenvalue weighted by molar-refractivity contribution is -0.0857. The van der Waals surface area contributed by atoms with E-state index in [1.165, 1.54) is 25.7 Å². The van der Waals surface area contributed by atoms with Gasteiger partial charge in [-0.05, 0) is 52.5 Å². The van der Waals surface area contributed by atoms with E-state index in [4.69, 9.17) is 4.74 Å². The summed E-state index contributed by atoms with van der Waals surface area (Å²) >= 11 is 0. The van der Waals surface area contributed by atoms with Crippen LogP contribution in [0.1, 0.15) is 46.5 Å². The number of hydrogen-bond donors (Lipinski definition) is 1. The van der Waals surface area contributed by atoms with E-state index < -0.39 is 0 Å². The molecule has 1 rings (SSSR count). The molecule has 0 aliphatic heterocycles. The van der Waals surface area contributed by atoms with Gasteiger partial charge in [-0.1, -0.05) is 6.92 Å². The van der Waals surface area contributed by atoms with E-state index in [-0.39, 0.29) is 5.60 Å². The van der Waals surface area contributed by atoms with Crippen LogP contribution in [0.4, 0.5) is 0 Å². The summed E-state index contributed by atoms with van der Waals surface area (Å²) in [7, 11) is 1.98. The molecule has 1 aliphatic rings. The maximum absolute atomic E-state index is 6.10. The van der Waals surface area contributed by atoms with Crippen molar-refractivity contribution in [3.05, 3.63) is 0 Å². The Bertz CT molecular complexity index is 160. The highest BCUT2D eigenvalue weighted by molar-refractivity contribution is 4.77. The van der Waals surface area contributed by atoms with Crippen LogP contribution >= 0.6 is 0 Å². The molecular weight excluding hydrogens is 174 g/mol. The van der Waals surface area contributed by atoms with Crippen LogP contribution < -0.4 is 5.32 Å². The van der Waals surface area contributed by atoms with Gasteiger partial charge < -0.3 is 10.1 Å².